The summed E-state index contributed by atoms with van der Waals surface area (Å²) >= 11 is 5.99. The Morgan fingerprint density at radius 1 is 1.70 bits per heavy atom. The van der Waals surface area contributed by atoms with Gasteiger partial charge in [-0.05, 0) is 19.3 Å². The summed E-state index contributed by atoms with van der Waals surface area (Å²) in [5.41, 5.74) is 0. The molecule has 0 radical (unpaired) electrons. The maximum Gasteiger partial charge on any atom is 0.0772 e. The van der Waals surface area contributed by atoms with Gasteiger partial charge in [-0.1, -0.05) is 6.08 Å². The fourth-order valence-corrected chi connectivity index (χ4v) is 1.51. The first kappa shape index (κ1) is 8.09. The van der Waals surface area contributed by atoms with Crippen LogP contribution < -0.4 is 0 Å². The van der Waals surface area contributed by atoms with E-state index in [4.69, 9.17) is 16.3 Å². The lowest BCUT2D eigenvalue weighted by molar-refractivity contribution is 0.0218. The van der Waals surface area contributed by atoms with Gasteiger partial charge < -0.3 is 4.74 Å². The molecule has 0 saturated carbocycles. The minimum absolute atomic E-state index is 0.201. The molecule has 0 aromatic heterocycles. The van der Waals surface area contributed by atoms with Crippen LogP contribution in [-0.2, 0) is 4.74 Å². The van der Waals surface area contributed by atoms with E-state index in [2.05, 4.69) is 6.58 Å². The number of halogens is 1. The van der Waals surface area contributed by atoms with Crippen LogP contribution in [0.2, 0.25) is 0 Å². The van der Waals surface area contributed by atoms with E-state index >= 15 is 0 Å². The van der Waals surface area contributed by atoms with Crippen molar-refractivity contribution in [2.45, 2.75) is 30.7 Å². The topological polar surface area (TPSA) is 9.23 Å². The summed E-state index contributed by atoms with van der Waals surface area (Å²) in [5, 5.41) is 0.201. The Hall–Kier alpha value is -0.0100. The molecule has 0 aromatic rings. The van der Waals surface area contributed by atoms with Gasteiger partial charge in [0.25, 0.3) is 0 Å². The van der Waals surface area contributed by atoms with Crippen LogP contribution in [0.3, 0.4) is 0 Å². The van der Waals surface area contributed by atoms with E-state index in [0.29, 0.717) is 0 Å². The molecule has 1 aliphatic rings. The second-order valence-electron chi connectivity index (χ2n) is 2.59. The van der Waals surface area contributed by atoms with Gasteiger partial charge in [0.2, 0.25) is 0 Å². The minimum atomic E-state index is 0.201. The first-order valence-corrected chi connectivity index (χ1v) is 4.15. The Balaban J connectivity index is 2.32. The van der Waals surface area contributed by atoms with Crippen LogP contribution in [0, 0.1) is 0 Å². The first-order chi connectivity index (χ1) is 4.84. The lowest BCUT2D eigenvalue weighted by atomic mass is 10.1. The molecule has 0 aliphatic carbocycles. The summed E-state index contributed by atoms with van der Waals surface area (Å²) in [4.78, 5) is 0. The summed E-state index contributed by atoms with van der Waals surface area (Å²) in [6.45, 7) is 4.51. The predicted molar refractivity (Wildman–Crippen MR) is 43.4 cm³/mol. The van der Waals surface area contributed by atoms with Crippen molar-refractivity contribution in [2.24, 2.45) is 0 Å². The molecule has 0 bridgehead atoms. The molecule has 1 rings (SSSR count). The highest BCUT2D eigenvalue weighted by molar-refractivity contribution is 6.21. The van der Waals surface area contributed by atoms with Crippen LogP contribution in [-0.4, -0.2) is 18.1 Å². The van der Waals surface area contributed by atoms with Gasteiger partial charge in [0.05, 0.1) is 11.5 Å². The van der Waals surface area contributed by atoms with E-state index in [0.717, 1.165) is 25.9 Å². The van der Waals surface area contributed by atoms with Gasteiger partial charge in [0.1, 0.15) is 0 Å². The molecule has 2 heteroatoms. The summed E-state index contributed by atoms with van der Waals surface area (Å²) in [6, 6.07) is 0. The van der Waals surface area contributed by atoms with Crippen LogP contribution in [0.15, 0.2) is 12.7 Å². The van der Waals surface area contributed by atoms with Crippen molar-refractivity contribution >= 4 is 11.6 Å². The van der Waals surface area contributed by atoms with Crippen LogP contribution in [0.1, 0.15) is 19.3 Å². The number of rotatable bonds is 2. The van der Waals surface area contributed by atoms with E-state index in [-0.39, 0.29) is 11.5 Å². The molecular weight excluding hydrogens is 148 g/mol. The van der Waals surface area contributed by atoms with Gasteiger partial charge in [-0.15, -0.1) is 18.2 Å². The fraction of sp³-hybridized carbons (Fsp3) is 0.750. The normalized spacial score (nSPS) is 33.7. The summed E-state index contributed by atoms with van der Waals surface area (Å²) in [6.07, 6.45) is 5.15. The Kier molecular flexibility index (Phi) is 3.23. The third-order valence-electron chi connectivity index (χ3n) is 1.76. The summed E-state index contributed by atoms with van der Waals surface area (Å²) < 4.78 is 5.43. The summed E-state index contributed by atoms with van der Waals surface area (Å²) in [7, 11) is 0. The smallest absolute Gasteiger partial charge is 0.0772 e. The molecule has 1 aliphatic heterocycles. The molecule has 58 valence electrons. The number of alkyl halides is 1. The molecular formula is C8H13ClO. The second-order valence-corrected chi connectivity index (χ2v) is 3.15. The fourth-order valence-electron chi connectivity index (χ4n) is 1.18. The van der Waals surface area contributed by atoms with E-state index in [1.165, 1.54) is 0 Å². The van der Waals surface area contributed by atoms with Crippen LogP contribution >= 0.6 is 11.6 Å². The molecule has 0 N–H and O–H groups in total. The third kappa shape index (κ3) is 1.99. The van der Waals surface area contributed by atoms with Crippen LogP contribution in [0.4, 0.5) is 0 Å². The second kappa shape index (κ2) is 3.99. The predicted octanol–water partition coefficient (Wildman–Crippen LogP) is 2.35. The molecule has 0 aromatic carbocycles. The van der Waals surface area contributed by atoms with Crippen molar-refractivity contribution in [1.29, 1.82) is 0 Å². The number of hydrogen-bond donors (Lipinski definition) is 0. The molecule has 0 spiro atoms. The Labute approximate surface area is 67.0 Å². The first-order valence-electron chi connectivity index (χ1n) is 3.71. The zero-order valence-corrected chi connectivity index (χ0v) is 6.81. The van der Waals surface area contributed by atoms with Gasteiger partial charge in [-0.3, -0.25) is 0 Å². The highest BCUT2D eigenvalue weighted by Gasteiger charge is 2.21. The lowest BCUT2D eigenvalue weighted by Crippen LogP contribution is -2.29. The zero-order valence-electron chi connectivity index (χ0n) is 6.05. The quantitative estimate of drug-likeness (QED) is 0.445. The lowest BCUT2D eigenvalue weighted by Gasteiger charge is -2.26. The molecule has 10 heavy (non-hydrogen) atoms. The highest BCUT2D eigenvalue weighted by Crippen LogP contribution is 2.21. The molecule has 1 heterocycles. The monoisotopic (exact) mass is 160 g/mol. The molecule has 1 nitrogen and oxygen atoms in total. The van der Waals surface area contributed by atoms with Gasteiger partial charge >= 0.3 is 0 Å². The van der Waals surface area contributed by atoms with Crippen molar-refractivity contribution in [2.75, 3.05) is 6.61 Å². The van der Waals surface area contributed by atoms with Crippen LogP contribution in [0.5, 0.6) is 0 Å². The average Bonchev–Trinajstić information content (AvgIpc) is 1.94. The van der Waals surface area contributed by atoms with E-state index in [1.54, 1.807) is 0 Å². The van der Waals surface area contributed by atoms with Crippen molar-refractivity contribution < 1.29 is 4.74 Å². The largest absolute Gasteiger partial charge is 0.376 e. The van der Waals surface area contributed by atoms with Gasteiger partial charge in [0, 0.05) is 6.61 Å². The average molecular weight is 161 g/mol. The van der Waals surface area contributed by atoms with Gasteiger partial charge in [-0.25, -0.2) is 0 Å². The molecule has 0 unspecified atom stereocenters. The van der Waals surface area contributed by atoms with Gasteiger partial charge in [-0.2, -0.15) is 0 Å². The number of ether oxygens (including phenoxy) is 1. The Morgan fingerprint density at radius 2 is 2.50 bits per heavy atom. The standard InChI is InChI=1S/C8H13ClO/c1-2-4-8-7(9)5-3-6-10-8/h2,7-8H,1,3-6H2/t7-,8-/m0/s1. The number of hydrogen-bond acceptors (Lipinski definition) is 1. The van der Waals surface area contributed by atoms with Crippen molar-refractivity contribution in [3.8, 4) is 0 Å². The molecule has 1 fully saturated rings. The van der Waals surface area contributed by atoms with E-state index in [1.807, 2.05) is 6.08 Å². The maximum atomic E-state index is 5.99. The SMILES string of the molecule is C=CC[C@@H]1OCCC[C@@H]1Cl. The molecule has 2 atom stereocenters. The molecule has 1 saturated heterocycles. The maximum absolute atomic E-state index is 5.99. The van der Waals surface area contributed by atoms with E-state index in [9.17, 15) is 0 Å². The van der Waals surface area contributed by atoms with Crippen molar-refractivity contribution in [1.82, 2.24) is 0 Å². The Bertz CT molecular complexity index is 114. The third-order valence-corrected chi connectivity index (χ3v) is 2.26. The van der Waals surface area contributed by atoms with Crippen molar-refractivity contribution in [3.63, 3.8) is 0 Å². The van der Waals surface area contributed by atoms with Crippen LogP contribution in [0.25, 0.3) is 0 Å². The minimum Gasteiger partial charge on any atom is -0.376 e. The van der Waals surface area contributed by atoms with Gasteiger partial charge in [0.15, 0.2) is 0 Å². The van der Waals surface area contributed by atoms with E-state index < -0.39 is 0 Å². The molecule has 0 amide bonds. The zero-order chi connectivity index (χ0) is 7.40. The summed E-state index contributed by atoms with van der Waals surface area (Å²) in [5.74, 6) is 0. The van der Waals surface area contributed by atoms with Crippen molar-refractivity contribution in [3.05, 3.63) is 12.7 Å². The highest BCUT2D eigenvalue weighted by atomic mass is 35.5. The Morgan fingerprint density at radius 3 is 3.10 bits per heavy atom.